The fourth-order valence-corrected chi connectivity index (χ4v) is 3.62. The zero-order valence-electron chi connectivity index (χ0n) is 18.9. The molecule has 0 atom stereocenters. The molecule has 0 spiro atoms. The highest BCUT2D eigenvalue weighted by Gasteiger charge is 2.30. The first-order chi connectivity index (χ1) is 17.8. The Kier molecular flexibility index (Phi) is 6.10. The van der Waals surface area contributed by atoms with Crippen molar-refractivity contribution < 1.29 is 22.8 Å². The van der Waals surface area contributed by atoms with Crippen LogP contribution >= 0.6 is 0 Å². The van der Waals surface area contributed by atoms with Crippen molar-refractivity contribution in [3.05, 3.63) is 102 Å². The van der Waals surface area contributed by atoms with E-state index in [1.54, 1.807) is 36.7 Å². The first kappa shape index (κ1) is 23.7. The summed E-state index contributed by atoms with van der Waals surface area (Å²) in [4.78, 5) is 34.2. The smallest absolute Gasteiger partial charge is 0.308 e. The van der Waals surface area contributed by atoms with Gasteiger partial charge in [0.25, 0.3) is 0 Å². The number of carbonyl (C=O) groups is 2. The average molecular weight is 502 g/mol. The number of hydrogen-bond donors (Lipinski definition) is 3. The van der Waals surface area contributed by atoms with E-state index in [1.807, 2.05) is 0 Å². The van der Waals surface area contributed by atoms with Gasteiger partial charge in [-0.1, -0.05) is 6.07 Å². The Morgan fingerprint density at radius 2 is 1.54 bits per heavy atom. The molecule has 0 aliphatic carbocycles. The Morgan fingerprint density at radius 1 is 0.784 bits per heavy atom. The number of urea groups is 1. The van der Waals surface area contributed by atoms with Crippen molar-refractivity contribution in [2.24, 2.45) is 0 Å². The monoisotopic (exact) mass is 502 g/mol. The van der Waals surface area contributed by atoms with Crippen LogP contribution in [0.3, 0.4) is 0 Å². The summed E-state index contributed by atoms with van der Waals surface area (Å²) in [6, 6.07) is 16.5. The number of benzene rings is 3. The maximum Gasteiger partial charge on any atom is 0.416 e. The second kappa shape index (κ2) is 9.53. The van der Waals surface area contributed by atoms with Crippen molar-refractivity contribution in [3.8, 4) is 11.4 Å². The molecule has 11 heteroatoms. The molecule has 0 bridgehead atoms. The Balaban J connectivity index is 1.28. The molecule has 5 aromatic rings. The van der Waals surface area contributed by atoms with Crippen LogP contribution in [0, 0.1) is 0 Å². The van der Waals surface area contributed by atoms with E-state index in [1.165, 1.54) is 36.4 Å². The number of carbonyl (C=O) groups excluding carboxylic acids is 2. The highest BCUT2D eigenvalue weighted by atomic mass is 19.4. The van der Waals surface area contributed by atoms with E-state index < -0.39 is 17.8 Å². The van der Waals surface area contributed by atoms with Gasteiger partial charge in [-0.3, -0.25) is 14.9 Å². The van der Waals surface area contributed by atoms with Crippen LogP contribution in [0.2, 0.25) is 0 Å². The lowest BCUT2D eigenvalue weighted by Crippen LogP contribution is -2.19. The number of amides is 2. The van der Waals surface area contributed by atoms with Gasteiger partial charge in [-0.25, -0.2) is 9.78 Å². The highest BCUT2D eigenvalue weighted by Crippen LogP contribution is 2.30. The molecule has 2 heterocycles. The van der Waals surface area contributed by atoms with Gasteiger partial charge in [-0.05, 0) is 66.7 Å². The molecule has 2 amide bonds. The lowest BCUT2D eigenvalue weighted by Gasteiger charge is -2.11. The largest absolute Gasteiger partial charge is 0.416 e. The van der Waals surface area contributed by atoms with E-state index in [-0.39, 0.29) is 11.5 Å². The fraction of sp³-hybridized carbons (Fsp3) is 0.0385. The van der Waals surface area contributed by atoms with Gasteiger partial charge in [0.15, 0.2) is 5.78 Å². The van der Waals surface area contributed by atoms with Crippen molar-refractivity contribution in [1.82, 2.24) is 20.2 Å². The lowest BCUT2D eigenvalue weighted by molar-refractivity contribution is -0.137. The lowest BCUT2D eigenvalue weighted by atomic mass is 10.0. The van der Waals surface area contributed by atoms with Crippen LogP contribution in [0.1, 0.15) is 21.5 Å². The SMILES string of the molecule is O=C(Nc1ccc(C(=O)c2ccc3ncc(-c4cc[nH]n4)nc3c2)cc1)Nc1cccc(C(F)(F)F)c1. The predicted molar refractivity (Wildman–Crippen MR) is 131 cm³/mol. The van der Waals surface area contributed by atoms with Crippen LogP contribution in [0.5, 0.6) is 0 Å². The molecule has 0 unspecified atom stereocenters. The van der Waals surface area contributed by atoms with Crippen LogP contribution in [0.4, 0.5) is 29.3 Å². The first-order valence-electron chi connectivity index (χ1n) is 10.9. The summed E-state index contributed by atoms with van der Waals surface area (Å²) < 4.78 is 38.6. The van der Waals surface area contributed by atoms with Crippen LogP contribution in [-0.2, 0) is 6.18 Å². The molecular formula is C26H17F3N6O2. The zero-order valence-corrected chi connectivity index (χ0v) is 18.9. The summed E-state index contributed by atoms with van der Waals surface area (Å²) in [5.74, 6) is -0.256. The van der Waals surface area contributed by atoms with Gasteiger partial charge in [-0.15, -0.1) is 0 Å². The number of ketones is 1. The summed E-state index contributed by atoms with van der Waals surface area (Å²) in [5.41, 5.74) is 2.62. The number of nitrogens with one attached hydrogen (secondary N) is 3. The minimum atomic E-state index is -4.52. The number of alkyl halides is 3. The number of aromatic amines is 1. The molecule has 0 saturated heterocycles. The highest BCUT2D eigenvalue weighted by molar-refractivity contribution is 6.10. The van der Waals surface area contributed by atoms with E-state index in [9.17, 15) is 22.8 Å². The molecule has 0 radical (unpaired) electrons. The summed E-state index contributed by atoms with van der Waals surface area (Å²) in [5, 5.41) is 11.7. The molecule has 184 valence electrons. The van der Waals surface area contributed by atoms with E-state index in [2.05, 4.69) is 30.8 Å². The molecule has 37 heavy (non-hydrogen) atoms. The van der Waals surface area contributed by atoms with Gasteiger partial charge in [0.05, 0.1) is 22.8 Å². The minimum absolute atomic E-state index is 0.00558. The van der Waals surface area contributed by atoms with Crippen molar-refractivity contribution in [2.45, 2.75) is 6.18 Å². The third-order valence-electron chi connectivity index (χ3n) is 5.42. The maximum atomic E-state index is 13.0. The number of anilines is 2. The molecule has 0 fully saturated rings. The van der Waals surface area contributed by atoms with Crippen LogP contribution in [-0.4, -0.2) is 32.0 Å². The zero-order chi connectivity index (χ0) is 26.0. The molecule has 0 saturated carbocycles. The van der Waals surface area contributed by atoms with Gasteiger partial charge in [0.1, 0.15) is 11.4 Å². The maximum absolute atomic E-state index is 13.0. The molecule has 5 rings (SSSR count). The molecule has 2 aromatic heterocycles. The van der Waals surface area contributed by atoms with Crippen molar-refractivity contribution >= 4 is 34.2 Å². The Morgan fingerprint density at radius 3 is 2.27 bits per heavy atom. The Bertz CT molecular complexity index is 1600. The standard InChI is InChI=1S/C26H17F3N6O2/c27-26(28,29)17-2-1-3-19(13-17)33-25(37)32-18-7-4-15(5-8-18)24(36)16-6-9-20-22(12-16)34-23(14-30-20)21-10-11-31-35-21/h1-14H,(H,31,35)(H2,32,33,37). The summed E-state index contributed by atoms with van der Waals surface area (Å²) in [6.45, 7) is 0. The van der Waals surface area contributed by atoms with E-state index in [0.29, 0.717) is 39.2 Å². The molecule has 0 aliphatic heterocycles. The van der Waals surface area contributed by atoms with E-state index >= 15 is 0 Å². The van der Waals surface area contributed by atoms with Crippen LogP contribution < -0.4 is 10.6 Å². The quantitative estimate of drug-likeness (QED) is 0.259. The van der Waals surface area contributed by atoms with Gasteiger partial charge in [0, 0.05) is 28.7 Å². The second-order valence-electron chi connectivity index (χ2n) is 7.98. The van der Waals surface area contributed by atoms with Crippen LogP contribution in [0.25, 0.3) is 22.4 Å². The Hall–Kier alpha value is -5.06. The van der Waals surface area contributed by atoms with Crippen molar-refractivity contribution in [2.75, 3.05) is 10.6 Å². The molecular weight excluding hydrogens is 485 g/mol. The van der Waals surface area contributed by atoms with Gasteiger partial charge in [-0.2, -0.15) is 18.3 Å². The average Bonchev–Trinajstić information content (AvgIpc) is 3.43. The van der Waals surface area contributed by atoms with E-state index in [4.69, 9.17) is 0 Å². The fourth-order valence-electron chi connectivity index (χ4n) is 3.62. The van der Waals surface area contributed by atoms with Crippen LogP contribution in [0.15, 0.2) is 85.2 Å². The Labute approximate surface area is 207 Å². The third kappa shape index (κ3) is 5.30. The summed E-state index contributed by atoms with van der Waals surface area (Å²) in [6.07, 6.45) is -1.24. The summed E-state index contributed by atoms with van der Waals surface area (Å²) >= 11 is 0. The summed E-state index contributed by atoms with van der Waals surface area (Å²) in [7, 11) is 0. The minimum Gasteiger partial charge on any atom is -0.308 e. The molecule has 0 aliphatic rings. The number of rotatable bonds is 5. The predicted octanol–water partition coefficient (Wildman–Crippen LogP) is 5.91. The number of halogens is 3. The first-order valence-corrected chi connectivity index (χ1v) is 10.9. The molecule has 3 N–H and O–H groups in total. The van der Waals surface area contributed by atoms with Gasteiger partial charge >= 0.3 is 12.2 Å². The van der Waals surface area contributed by atoms with Gasteiger partial charge in [0.2, 0.25) is 0 Å². The molecule has 3 aromatic carbocycles. The third-order valence-corrected chi connectivity index (χ3v) is 5.42. The number of fused-ring (bicyclic) bond motifs is 1. The number of hydrogen-bond acceptors (Lipinski definition) is 5. The topological polar surface area (TPSA) is 113 Å². The van der Waals surface area contributed by atoms with E-state index in [0.717, 1.165) is 12.1 Å². The number of aromatic nitrogens is 4. The molecule has 8 nitrogen and oxygen atoms in total. The van der Waals surface area contributed by atoms with Gasteiger partial charge < -0.3 is 10.6 Å². The van der Waals surface area contributed by atoms with Crippen molar-refractivity contribution in [3.63, 3.8) is 0 Å². The second-order valence-corrected chi connectivity index (χ2v) is 7.98. The van der Waals surface area contributed by atoms with Crippen molar-refractivity contribution in [1.29, 1.82) is 0 Å². The number of H-pyrrole nitrogens is 1. The normalized spacial score (nSPS) is 11.3. The number of nitrogens with zero attached hydrogens (tertiary/aromatic N) is 3.